The zero-order chi connectivity index (χ0) is 29.9. The van der Waals surface area contributed by atoms with Gasteiger partial charge in [0.15, 0.2) is 0 Å². The SMILES string of the molecule is Cc1nc2ccc(-c3ccc(C[C@@H](C(N)=O)N(C(=O)C4CCC(CN)CC4)c4ccc(-c5nn[nH]n5)cc4)cc3)cc2[nH]1. The second-order valence-corrected chi connectivity index (χ2v) is 11.3. The van der Waals surface area contributed by atoms with Crippen molar-refractivity contribution in [3.8, 4) is 22.5 Å². The molecule has 6 rings (SSSR count). The highest BCUT2D eigenvalue weighted by atomic mass is 16.2. The average Bonchev–Trinajstić information content (AvgIpc) is 3.70. The first-order valence-corrected chi connectivity index (χ1v) is 14.6. The molecule has 1 aliphatic carbocycles. The molecule has 2 amide bonds. The number of tetrazole rings is 1. The first kappa shape index (κ1) is 28.2. The van der Waals surface area contributed by atoms with Gasteiger partial charge in [0, 0.05) is 23.6 Å². The number of carbonyl (C=O) groups excluding carboxylic acids is 2. The summed E-state index contributed by atoms with van der Waals surface area (Å²) < 4.78 is 0. The number of nitrogens with two attached hydrogens (primary N) is 2. The van der Waals surface area contributed by atoms with E-state index in [4.69, 9.17) is 11.5 Å². The fourth-order valence-corrected chi connectivity index (χ4v) is 6.05. The van der Waals surface area contributed by atoms with Gasteiger partial charge in [-0.3, -0.25) is 14.5 Å². The van der Waals surface area contributed by atoms with Crippen LogP contribution in [0.1, 0.15) is 37.1 Å². The van der Waals surface area contributed by atoms with Gasteiger partial charge < -0.3 is 16.5 Å². The molecule has 0 radical (unpaired) electrons. The lowest BCUT2D eigenvalue weighted by molar-refractivity contribution is -0.127. The molecule has 1 aliphatic rings. The summed E-state index contributed by atoms with van der Waals surface area (Å²) in [6.45, 7) is 2.56. The highest BCUT2D eigenvalue weighted by molar-refractivity contribution is 6.01. The van der Waals surface area contributed by atoms with Gasteiger partial charge in [-0.1, -0.05) is 30.3 Å². The molecule has 220 valence electrons. The Morgan fingerprint density at radius 1 is 0.953 bits per heavy atom. The summed E-state index contributed by atoms with van der Waals surface area (Å²) in [7, 11) is 0. The fraction of sp³-hybridized carbons (Fsp3) is 0.312. The van der Waals surface area contributed by atoms with Gasteiger partial charge in [-0.2, -0.15) is 5.21 Å². The first-order valence-electron chi connectivity index (χ1n) is 14.6. The maximum atomic E-state index is 14.1. The summed E-state index contributed by atoms with van der Waals surface area (Å²) in [4.78, 5) is 36.5. The number of H-pyrrole nitrogens is 2. The van der Waals surface area contributed by atoms with Crippen molar-refractivity contribution in [2.24, 2.45) is 23.3 Å². The summed E-state index contributed by atoms with van der Waals surface area (Å²) in [5.41, 5.74) is 18.2. The van der Waals surface area contributed by atoms with Gasteiger partial charge in [0.2, 0.25) is 17.6 Å². The zero-order valence-electron chi connectivity index (χ0n) is 24.0. The number of nitrogens with zero attached hydrogens (tertiary/aromatic N) is 5. The number of imidazole rings is 1. The monoisotopic (exact) mass is 577 g/mol. The van der Waals surface area contributed by atoms with Crippen molar-refractivity contribution in [2.75, 3.05) is 11.4 Å². The molecule has 0 spiro atoms. The molecule has 1 fully saturated rings. The summed E-state index contributed by atoms with van der Waals surface area (Å²) in [6.07, 6.45) is 3.54. The minimum atomic E-state index is -0.870. The molecule has 43 heavy (non-hydrogen) atoms. The molecule has 0 saturated heterocycles. The van der Waals surface area contributed by atoms with Crippen molar-refractivity contribution >= 4 is 28.5 Å². The van der Waals surface area contributed by atoms with Crippen molar-refractivity contribution in [1.29, 1.82) is 0 Å². The maximum absolute atomic E-state index is 14.1. The molecule has 1 saturated carbocycles. The number of aryl methyl sites for hydroxylation is 1. The lowest BCUT2D eigenvalue weighted by Gasteiger charge is -2.35. The predicted molar refractivity (Wildman–Crippen MR) is 165 cm³/mol. The third-order valence-corrected chi connectivity index (χ3v) is 8.47. The fourth-order valence-electron chi connectivity index (χ4n) is 6.05. The molecule has 11 heteroatoms. The largest absolute Gasteiger partial charge is 0.368 e. The van der Waals surface area contributed by atoms with Crippen LogP contribution in [0.4, 0.5) is 5.69 Å². The van der Waals surface area contributed by atoms with Crippen LogP contribution in [-0.2, 0) is 16.0 Å². The van der Waals surface area contributed by atoms with Crippen molar-refractivity contribution in [1.82, 2.24) is 30.6 Å². The molecule has 6 N–H and O–H groups in total. The van der Waals surface area contributed by atoms with E-state index in [1.807, 2.05) is 67.6 Å². The Hall–Kier alpha value is -4.90. The number of anilines is 1. The van der Waals surface area contributed by atoms with Crippen LogP contribution in [0.25, 0.3) is 33.5 Å². The molecule has 2 heterocycles. The lowest BCUT2D eigenvalue weighted by atomic mass is 9.81. The van der Waals surface area contributed by atoms with Gasteiger partial charge >= 0.3 is 0 Å². The zero-order valence-corrected chi connectivity index (χ0v) is 24.0. The number of fused-ring (bicyclic) bond motifs is 1. The average molecular weight is 578 g/mol. The van der Waals surface area contributed by atoms with Crippen LogP contribution in [0.5, 0.6) is 0 Å². The van der Waals surface area contributed by atoms with Gasteiger partial charge in [0.25, 0.3) is 0 Å². The molecule has 0 unspecified atom stereocenters. The number of rotatable bonds is 9. The van der Waals surface area contributed by atoms with Gasteiger partial charge in [-0.15, -0.1) is 10.2 Å². The lowest BCUT2D eigenvalue weighted by Crippen LogP contribution is -2.52. The Labute approximate surface area is 249 Å². The third kappa shape index (κ3) is 6.02. The summed E-state index contributed by atoms with van der Waals surface area (Å²) in [6, 6.07) is 20.5. The van der Waals surface area contributed by atoms with E-state index in [9.17, 15) is 9.59 Å². The van der Waals surface area contributed by atoms with E-state index in [0.29, 0.717) is 24.0 Å². The Morgan fingerprint density at radius 2 is 1.65 bits per heavy atom. The van der Waals surface area contributed by atoms with Crippen LogP contribution in [0.3, 0.4) is 0 Å². The standard InChI is InChI=1S/C32H35N9O2/c1-19-35-27-15-12-25(17-28(27)36-19)22-6-2-20(3-7-22)16-29(30(34)42)41(32(43)24-8-4-21(18-33)5-9-24)26-13-10-23(11-14-26)31-37-39-40-38-31/h2-3,6-7,10-15,17,21,24,29H,4-5,8-9,16,18,33H2,1H3,(H2,34,42)(H,35,36)(H,37,38,39,40)/t21?,24?,29-/m0/s1. The number of carbonyl (C=O) groups is 2. The van der Waals surface area contributed by atoms with Crippen LogP contribution < -0.4 is 16.4 Å². The number of amides is 2. The number of primary amides is 1. The van der Waals surface area contributed by atoms with Crippen LogP contribution in [0.15, 0.2) is 66.7 Å². The van der Waals surface area contributed by atoms with E-state index >= 15 is 0 Å². The summed E-state index contributed by atoms with van der Waals surface area (Å²) in [5, 5.41) is 14.1. The van der Waals surface area contributed by atoms with Crippen molar-refractivity contribution < 1.29 is 9.59 Å². The second kappa shape index (κ2) is 12.1. The predicted octanol–water partition coefficient (Wildman–Crippen LogP) is 3.91. The smallest absolute Gasteiger partial charge is 0.240 e. The molecular formula is C32H35N9O2. The van der Waals surface area contributed by atoms with Gasteiger partial charge in [0.05, 0.1) is 11.0 Å². The number of aromatic nitrogens is 6. The molecule has 2 aromatic heterocycles. The van der Waals surface area contributed by atoms with E-state index in [1.165, 1.54) is 0 Å². The number of aromatic amines is 2. The Morgan fingerprint density at radius 3 is 2.30 bits per heavy atom. The Kier molecular flexibility index (Phi) is 7.97. The summed E-state index contributed by atoms with van der Waals surface area (Å²) >= 11 is 0. The van der Waals surface area contributed by atoms with Gasteiger partial charge in [-0.25, -0.2) is 4.98 Å². The van der Waals surface area contributed by atoms with Crippen molar-refractivity contribution in [3.05, 3.63) is 78.1 Å². The quantitative estimate of drug-likeness (QED) is 0.205. The van der Waals surface area contributed by atoms with Crippen LogP contribution in [0.2, 0.25) is 0 Å². The van der Waals surface area contributed by atoms with E-state index in [1.54, 1.807) is 4.90 Å². The molecule has 0 bridgehead atoms. The second-order valence-electron chi connectivity index (χ2n) is 11.3. The van der Waals surface area contributed by atoms with E-state index < -0.39 is 11.9 Å². The topological polar surface area (TPSA) is 173 Å². The number of benzene rings is 3. The highest BCUT2D eigenvalue weighted by Gasteiger charge is 2.36. The van der Waals surface area contributed by atoms with E-state index in [0.717, 1.165) is 64.8 Å². The minimum absolute atomic E-state index is 0.0913. The van der Waals surface area contributed by atoms with Crippen molar-refractivity contribution in [3.63, 3.8) is 0 Å². The van der Waals surface area contributed by atoms with Crippen LogP contribution in [-0.4, -0.2) is 55.0 Å². The highest BCUT2D eigenvalue weighted by Crippen LogP contribution is 2.33. The first-order chi connectivity index (χ1) is 20.9. The molecular weight excluding hydrogens is 542 g/mol. The van der Waals surface area contributed by atoms with E-state index in [2.05, 4.69) is 36.7 Å². The van der Waals surface area contributed by atoms with E-state index in [-0.39, 0.29) is 18.2 Å². The molecule has 1 atom stereocenters. The third-order valence-electron chi connectivity index (χ3n) is 8.47. The Bertz CT molecular complexity index is 1700. The molecule has 11 nitrogen and oxygen atoms in total. The molecule has 3 aromatic carbocycles. The maximum Gasteiger partial charge on any atom is 0.240 e. The minimum Gasteiger partial charge on any atom is -0.368 e. The normalized spacial score (nSPS) is 17.5. The number of hydrogen-bond donors (Lipinski definition) is 4. The van der Waals surface area contributed by atoms with Gasteiger partial charge in [0.1, 0.15) is 11.9 Å². The summed E-state index contributed by atoms with van der Waals surface area (Å²) in [5.74, 6) is 0.885. The number of nitrogens with one attached hydrogen (secondary N) is 2. The van der Waals surface area contributed by atoms with Gasteiger partial charge in [-0.05, 0) is 103 Å². The molecule has 5 aromatic rings. The number of hydrogen-bond acceptors (Lipinski definition) is 7. The van der Waals surface area contributed by atoms with Crippen molar-refractivity contribution in [2.45, 2.75) is 45.1 Å². The van der Waals surface area contributed by atoms with Crippen LogP contribution in [0, 0.1) is 18.8 Å². The Balaban J connectivity index is 1.28. The van der Waals surface area contributed by atoms with Crippen LogP contribution >= 0.6 is 0 Å². The molecule has 0 aliphatic heterocycles.